The lowest BCUT2D eigenvalue weighted by Crippen LogP contribution is -2.31. The van der Waals surface area contributed by atoms with Crippen molar-refractivity contribution in [3.05, 3.63) is 95.7 Å². The topological polar surface area (TPSA) is 33.5 Å². The molecule has 1 unspecified atom stereocenters. The van der Waals surface area contributed by atoms with E-state index in [9.17, 15) is 9.18 Å². The van der Waals surface area contributed by atoms with Gasteiger partial charge in [-0.2, -0.15) is 0 Å². The van der Waals surface area contributed by atoms with E-state index in [0.717, 1.165) is 24.2 Å². The Labute approximate surface area is 165 Å². The Balaban J connectivity index is 1.70. The third-order valence-corrected chi connectivity index (χ3v) is 4.96. The predicted octanol–water partition coefficient (Wildman–Crippen LogP) is 5.57. The monoisotopic (exact) mass is 379 g/mol. The van der Waals surface area contributed by atoms with E-state index in [1.54, 1.807) is 18.4 Å². The molecule has 2 aromatic carbocycles. The first-order chi connectivity index (χ1) is 13.7. The van der Waals surface area contributed by atoms with Gasteiger partial charge in [-0.3, -0.25) is 4.79 Å². The number of nitrogens with zero attached hydrogens (tertiary/aromatic N) is 1. The molecule has 0 N–H and O–H groups in total. The lowest BCUT2D eigenvalue weighted by Gasteiger charge is -2.25. The number of amides is 1. The van der Waals surface area contributed by atoms with Gasteiger partial charge < -0.3 is 9.32 Å². The van der Waals surface area contributed by atoms with Crippen molar-refractivity contribution in [1.29, 1.82) is 0 Å². The number of halogens is 1. The van der Waals surface area contributed by atoms with E-state index in [1.165, 1.54) is 17.7 Å². The third kappa shape index (κ3) is 5.56. The van der Waals surface area contributed by atoms with Crippen molar-refractivity contribution >= 4 is 5.91 Å². The Morgan fingerprint density at radius 3 is 2.39 bits per heavy atom. The molecule has 0 saturated heterocycles. The van der Waals surface area contributed by atoms with Crippen molar-refractivity contribution in [2.24, 2.45) is 0 Å². The number of benzene rings is 2. The van der Waals surface area contributed by atoms with Crippen molar-refractivity contribution < 1.29 is 13.6 Å². The van der Waals surface area contributed by atoms with Crippen LogP contribution in [-0.4, -0.2) is 17.4 Å². The SMILES string of the molecule is CCC(=O)N(CCC(Cc1ccccc1)c1ccco1)Cc1ccc(F)cc1. The minimum absolute atomic E-state index is 0.0993. The second-order valence-corrected chi connectivity index (χ2v) is 6.99. The Morgan fingerprint density at radius 2 is 1.75 bits per heavy atom. The van der Waals surface area contributed by atoms with Crippen molar-refractivity contribution in [2.45, 2.75) is 38.6 Å². The minimum atomic E-state index is -0.266. The van der Waals surface area contributed by atoms with E-state index in [1.807, 2.05) is 42.2 Å². The summed E-state index contributed by atoms with van der Waals surface area (Å²) in [5, 5.41) is 0. The highest BCUT2D eigenvalue weighted by Gasteiger charge is 2.19. The first-order valence-corrected chi connectivity index (χ1v) is 9.75. The first kappa shape index (κ1) is 19.9. The predicted molar refractivity (Wildman–Crippen MR) is 108 cm³/mol. The van der Waals surface area contributed by atoms with Gasteiger partial charge in [-0.05, 0) is 48.2 Å². The van der Waals surface area contributed by atoms with Crippen LogP contribution in [0.25, 0.3) is 0 Å². The second kappa shape index (κ2) is 9.88. The molecule has 0 saturated carbocycles. The minimum Gasteiger partial charge on any atom is -0.469 e. The number of carbonyl (C=O) groups is 1. The summed E-state index contributed by atoms with van der Waals surface area (Å²) in [6.45, 7) is 2.99. The number of hydrogen-bond acceptors (Lipinski definition) is 2. The highest BCUT2D eigenvalue weighted by atomic mass is 19.1. The molecule has 0 aliphatic heterocycles. The molecule has 1 atom stereocenters. The largest absolute Gasteiger partial charge is 0.469 e. The average molecular weight is 379 g/mol. The van der Waals surface area contributed by atoms with E-state index in [0.29, 0.717) is 19.5 Å². The average Bonchev–Trinajstić information content (AvgIpc) is 3.26. The van der Waals surface area contributed by atoms with Crippen LogP contribution in [0.4, 0.5) is 4.39 Å². The van der Waals surface area contributed by atoms with Crippen molar-refractivity contribution in [1.82, 2.24) is 4.90 Å². The maximum Gasteiger partial charge on any atom is 0.222 e. The maximum atomic E-state index is 13.2. The van der Waals surface area contributed by atoms with Crippen LogP contribution in [0.5, 0.6) is 0 Å². The zero-order chi connectivity index (χ0) is 19.8. The summed E-state index contributed by atoms with van der Waals surface area (Å²) < 4.78 is 18.8. The molecule has 1 amide bonds. The molecule has 3 rings (SSSR count). The molecule has 0 radical (unpaired) electrons. The first-order valence-electron chi connectivity index (χ1n) is 9.75. The van der Waals surface area contributed by atoms with Gasteiger partial charge in [-0.25, -0.2) is 4.39 Å². The Bertz CT molecular complexity index is 844. The van der Waals surface area contributed by atoms with Crippen LogP contribution in [0.15, 0.2) is 77.4 Å². The maximum absolute atomic E-state index is 13.2. The summed E-state index contributed by atoms with van der Waals surface area (Å²) in [6, 6.07) is 20.6. The van der Waals surface area contributed by atoms with Crippen molar-refractivity contribution in [3.8, 4) is 0 Å². The summed E-state index contributed by atoms with van der Waals surface area (Å²) in [5.41, 5.74) is 2.18. The van der Waals surface area contributed by atoms with E-state index in [2.05, 4.69) is 12.1 Å². The van der Waals surface area contributed by atoms with Gasteiger partial charge in [-0.1, -0.05) is 49.4 Å². The molecule has 3 aromatic rings. The van der Waals surface area contributed by atoms with Gasteiger partial charge in [0.25, 0.3) is 0 Å². The molecule has 3 nitrogen and oxygen atoms in total. The van der Waals surface area contributed by atoms with Crippen LogP contribution in [0.2, 0.25) is 0 Å². The molecule has 0 aliphatic carbocycles. The van der Waals surface area contributed by atoms with Gasteiger partial charge in [-0.15, -0.1) is 0 Å². The van der Waals surface area contributed by atoms with Crippen LogP contribution in [0.3, 0.4) is 0 Å². The number of furan rings is 1. The molecular formula is C24H26FNO2. The lowest BCUT2D eigenvalue weighted by molar-refractivity contribution is -0.131. The Hall–Kier alpha value is -2.88. The van der Waals surface area contributed by atoms with Crippen molar-refractivity contribution in [3.63, 3.8) is 0 Å². The van der Waals surface area contributed by atoms with Crippen LogP contribution < -0.4 is 0 Å². The zero-order valence-corrected chi connectivity index (χ0v) is 16.2. The molecule has 0 fully saturated rings. The second-order valence-electron chi connectivity index (χ2n) is 6.99. The molecule has 0 bridgehead atoms. The summed E-state index contributed by atoms with van der Waals surface area (Å²) in [6.07, 6.45) is 3.81. The Kier molecular flexibility index (Phi) is 7.01. The fourth-order valence-corrected chi connectivity index (χ4v) is 3.40. The van der Waals surface area contributed by atoms with E-state index >= 15 is 0 Å². The van der Waals surface area contributed by atoms with Gasteiger partial charge in [0.15, 0.2) is 0 Å². The quantitative estimate of drug-likeness (QED) is 0.487. The number of hydrogen-bond donors (Lipinski definition) is 0. The molecule has 1 heterocycles. The normalized spacial score (nSPS) is 11.9. The van der Waals surface area contributed by atoms with Crippen LogP contribution in [0.1, 0.15) is 42.6 Å². The standard InChI is InChI=1S/C24H26FNO2/c1-2-24(27)26(18-20-10-12-22(25)13-11-20)15-14-21(23-9-6-16-28-23)17-19-7-4-3-5-8-19/h3-13,16,21H,2,14-15,17-18H2,1H3. The van der Waals surface area contributed by atoms with E-state index in [4.69, 9.17) is 4.42 Å². The summed E-state index contributed by atoms with van der Waals surface area (Å²) in [4.78, 5) is 14.3. The molecular weight excluding hydrogens is 353 g/mol. The molecule has 0 aliphatic rings. The van der Waals surface area contributed by atoms with Crippen molar-refractivity contribution in [2.75, 3.05) is 6.54 Å². The smallest absolute Gasteiger partial charge is 0.222 e. The molecule has 28 heavy (non-hydrogen) atoms. The molecule has 0 spiro atoms. The van der Waals surface area contributed by atoms with Gasteiger partial charge in [0.2, 0.25) is 5.91 Å². The van der Waals surface area contributed by atoms with Gasteiger partial charge >= 0.3 is 0 Å². The van der Waals surface area contributed by atoms with E-state index in [-0.39, 0.29) is 17.6 Å². The van der Waals surface area contributed by atoms with Crippen LogP contribution in [0, 0.1) is 5.82 Å². The molecule has 1 aromatic heterocycles. The number of rotatable bonds is 9. The zero-order valence-electron chi connectivity index (χ0n) is 16.2. The van der Waals surface area contributed by atoms with Gasteiger partial charge in [0.05, 0.1) is 6.26 Å². The fourth-order valence-electron chi connectivity index (χ4n) is 3.40. The summed E-state index contributed by atoms with van der Waals surface area (Å²) in [7, 11) is 0. The third-order valence-electron chi connectivity index (χ3n) is 4.96. The van der Waals surface area contributed by atoms with Gasteiger partial charge in [0.1, 0.15) is 11.6 Å². The highest BCUT2D eigenvalue weighted by molar-refractivity contribution is 5.75. The molecule has 4 heteroatoms. The lowest BCUT2D eigenvalue weighted by atomic mass is 9.93. The summed E-state index contributed by atoms with van der Waals surface area (Å²) in [5.74, 6) is 0.965. The van der Waals surface area contributed by atoms with E-state index < -0.39 is 0 Å². The number of carbonyl (C=O) groups excluding carboxylic acids is 1. The van der Waals surface area contributed by atoms with Crippen LogP contribution in [-0.2, 0) is 17.8 Å². The van der Waals surface area contributed by atoms with Gasteiger partial charge in [0, 0.05) is 25.4 Å². The fraction of sp³-hybridized carbons (Fsp3) is 0.292. The highest BCUT2D eigenvalue weighted by Crippen LogP contribution is 2.26. The Morgan fingerprint density at radius 1 is 1.00 bits per heavy atom. The summed E-state index contributed by atoms with van der Waals surface area (Å²) >= 11 is 0. The molecule has 146 valence electrons. The van der Waals surface area contributed by atoms with Crippen LogP contribution >= 0.6 is 0 Å².